The first-order valence-electron chi connectivity index (χ1n) is 6.81. The van der Waals surface area contributed by atoms with E-state index in [0.717, 1.165) is 18.5 Å². The Balaban J connectivity index is 2.39. The van der Waals surface area contributed by atoms with Gasteiger partial charge in [-0.25, -0.2) is 4.68 Å². The highest BCUT2D eigenvalue weighted by atomic mass is 15.4. The van der Waals surface area contributed by atoms with Crippen LogP contribution < -0.4 is 11.1 Å². The van der Waals surface area contributed by atoms with Gasteiger partial charge in [0.2, 0.25) is 0 Å². The number of nitrogens with two attached hydrogens (primary N) is 1. The fraction of sp³-hybridized carbons (Fsp3) is 0.333. The molecule has 5 nitrogen and oxygen atoms in total. The lowest BCUT2D eigenvalue weighted by molar-refractivity contribution is 0.435. The minimum atomic E-state index is 0.216. The van der Waals surface area contributed by atoms with Crippen molar-refractivity contribution in [1.82, 2.24) is 9.78 Å². The van der Waals surface area contributed by atoms with E-state index in [2.05, 4.69) is 30.3 Å². The number of nitrogen functional groups attached to an aromatic ring is 1. The van der Waals surface area contributed by atoms with Gasteiger partial charge in [-0.15, -0.1) is 0 Å². The van der Waals surface area contributed by atoms with Gasteiger partial charge in [0.25, 0.3) is 0 Å². The van der Waals surface area contributed by atoms with Crippen LogP contribution >= 0.6 is 0 Å². The molecule has 1 heterocycles. The fourth-order valence-corrected chi connectivity index (χ4v) is 2.22. The molecular weight excluding hydrogens is 250 g/mol. The summed E-state index contributed by atoms with van der Waals surface area (Å²) < 4.78 is 1.75. The molecule has 0 radical (unpaired) electrons. The Morgan fingerprint density at radius 1 is 1.30 bits per heavy atom. The van der Waals surface area contributed by atoms with E-state index in [9.17, 15) is 5.26 Å². The van der Waals surface area contributed by atoms with Crippen molar-refractivity contribution < 1.29 is 0 Å². The number of benzene rings is 1. The van der Waals surface area contributed by atoms with E-state index < -0.39 is 0 Å². The number of nitriles is 1. The SMILES string of the molecule is CCC(CC)n1nc(Nc2ccccc2)c(C#N)c1N. The number of rotatable bonds is 5. The molecule has 5 heteroatoms. The van der Waals surface area contributed by atoms with Crippen molar-refractivity contribution >= 4 is 17.3 Å². The van der Waals surface area contributed by atoms with E-state index in [4.69, 9.17) is 5.73 Å². The second-order valence-corrected chi connectivity index (χ2v) is 4.63. The second-order valence-electron chi connectivity index (χ2n) is 4.63. The zero-order valence-electron chi connectivity index (χ0n) is 11.8. The predicted octanol–water partition coefficient (Wildman–Crippen LogP) is 3.44. The molecule has 0 unspecified atom stereocenters. The first kappa shape index (κ1) is 13.9. The quantitative estimate of drug-likeness (QED) is 0.871. The van der Waals surface area contributed by atoms with E-state index in [0.29, 0.717) is 17.2 Å². The summed E-state index contributed by atoms with van der Waals surface area (Å²) in [5, 5.41) is 16.9. The summed E-state index contributed by atoms with van der Waals surface area (Å²) in [7, 11) is 0. The van der Waals surface area contributed by atoms with Crippen LogP contribution in [-0.2, 0) is 0 Å². The molecule has 1 aromatic heterocycles. The van der Waals surface area contributed by atoms with Gasteiger partial charge in [0, 0.05) is 5.69 Å². The Labute approximate surface area is 119 Å². The standard InChI is InChI=1S/C15H19N5/c1-3-12(4-2)20-14(17)13(10-16)15(19-20)18-11-8-6-5-7-9-11/h5-9,12H,3-4,17H2,1-2H3,(H,18,19). The maximum atomic E-state index is 9.29. The maximum Gasteiger partial charge on any atom is 0.172 e. The molecule has 104 valence electrons. The lowest BCUT2D eigenvalue weighted by atomic mass is 10.2. The first-order chi connectivity index (χ1) is 9.71. The van der Waals surface area contributed by atoms with Crippen LogP contribution in [0.2, 0.25) is 0 Å². The van der Waals surface area contributed by atoms with Crippen LogP contribution in [0.1, 0.15) is 38.3 Å². The Bertz CT molecular complexity index is 605. The predicted molar refractivity (Wildman–Crippen MR) is 80.7 cm³/mol. The maximum absolute atomic E-state index is 9.29. The topological polar surface area (TPSA) is 79.7 Å². The fourth-order valence-electron chi connectivity index (χ4n) is 2.22. The minimum Gasteiger partial charge on any atom is -0.383 e. The van der Waals surface area contributed by atoms with Gasteiger partial charge >= 0.3 is 0 Å². The third-order valence-electron chi connectivity index (χ3n) is 3.38. The van der Waals surface area contributed by atoms with E-state index in [1.807, 2.05) is 30.3 Å². The number of para-hydroxylation sites is 1. The van der Waals surface area contributed by atoms with Crippen molar-refractivity contribution in [3.8, 4) is 6.07 Å². The van der Waals surface area contributed by atoms with Crippen molar-refractivity contribution in [1.29, 1.82) is 5.26 Å². The van der Waals surface area contributed by atoms with Gasteiger partial charge in [0.15, 0.2) is 5.82 Å². The van der Waals surface area contributed by atoms with Gasteiger partial charge in [-0.1, -0.05) is 32.0 Å². The number of hydrogen-bond acceptors (Lipinski definition) is 4. The molecular formula is C15H19N5. The Kier molecular flexibility index (Phi) is 4.26. The zero-order valence-corrected chi connectivity index (χ0v) is 11.8. The van der Waals surface area contributed by atoms with Gasteiger partial charge in [-0.05, 0) is 25.0 Å². The molecule has 20 heavy (non-hydrogen) atoms. The summed E-state index contributed by atoms with van der Waals surface area (Å²) in [5.74, 6) is 0.947. The molecule has 0 saturated carbocycles. The number of nitrogens with one attached hydrogen (secondary N) is 1. The van der Waals surface area contributed by atoms with Crippen molar-refractivity contribution in [3.05, 3.63) is 35.9 Å². The Morgan fingerprint density at radius 3 is 2.50 bits per heavy atom. The van der Waals surface area contributed by atoms with Crippen LogP contribution in [0.5, 0.6) is 0 Å². The monoisotopic (exact) mass is 269 g/mol. The van der Waals surface area contributed by atoms with Crippen LogP contribution in [0, 0.1) is 11.3 Å². The van der Waals surface area contributed by atoms with Gasteiger partial charge in [-0.2, -0.15) is 10.4 Å². The number of anilines is 3. The molecule has 1 aromatic carbocycles. The van der Waals surface area contributed by atoms with Crippen LogP contribution in [0.3, 0.4) is 0 Å². The molecule has 0 atom stereocenters. The van der Waals surface area contributed by atoms with Crippen molar-refractivity contribution in [2.24, 2.45) is 0 Å². The lowest BCUT2D eigenvalue weighted by Gasteiger charge is -2.14. The molecule has 0 aliphatic rings. The molecule has 0 spiro atoms. The second kappa shape index (κ2) is 6.11. The summed E-state index contributed by atoms with van der Waals surface area (Å²) >= 11 is 0. The van der Waals surface area contributed by atoms with Gasteiger partial charge < -0.3 is 11.1 Å². The average Bonchev–Trinajstić information content (AvgIpc) is 2.78. The van der Waals surface area contributed by atoms with Gasteiger partial charge in [0.05, 0.1) is 6.04 Å². The van der Waals surface area contributed by atoms with E-state index in [1.54, 1.807) is 4.68 Å². The summed E-state index contributed by atoms with van der Waals surface area (Å²) in [6.45, 7) is 4.18. The highest BCUT2D eigenvalue weighted by molar-refractivity contribution is 5.69. The van der Waals surface area contributed by atoms with Gasteiger partial charge in [-0.3, -0.25) is 0 Å². The number of aromatic nitrogens is 2. The molecule has 3 N–H and O–H groups in total. The zero-order chi connectivity index (χ0) is 14.5. The highest BCUT2D eigenvalue weighted by Gasteiger charge is 2.19. The lowest BCUT2D eigenvalue weighted by Crippen LogP contribution is -2.12. The molecule has 2 aromatic rings. The molecule has 0 aliphatic heterocycles. The molecule has 0 fully saturated rings. The van der Waals surface area contributed by atoms with E-state index in [-0.39, 0.29) is 6.04 Å². The summed E-state index contributed by atoms with van der Waals surface area (Å²) in [6.07, 6.45) is 1.86. The molecule has 0 bridgehead atoms. The molecule has 0 aliphatic carbocycles. The summed E-state index contributed by atoms with van der Waals surface area (Å²) in [5.41, 5.74) is 7.35. The third-order valence-corrected chi connectivity index (χ3v) is 3.38. The number of nitrogens with zero attached hydrogens (tertiary/aromatic N) is 3. The van der Waals surface area contributed by atoms with Crippen LogP contribution in [0.4, 0.5) is 17.3 Å². The molecule has 2 rings (SSSR count). The smallest absolute Gasteiger partial charge is 0.172 e. The van der Waals surface area contributed by atoms with Crippen LogP contribution in [-0.4, -0.2) is 9.78 Å². The molecule has 0 amide bonds. The van der Waals surface area contributed by atoms with E-state index >= 15 is 0 Å². The van der Waals surface area contributed by atoms with E-state index in [1.165, 1.54) is 0 Å². The highest BCUT2D eigenvalue weighted by Crippen LogP contribution is 2.28. The summed E-state index contributed by atoms with van der Waals surface area (Å²) in [6, 6.07) is 12.0. The van der Waals surface area contributed by atoms with Crippen LogP contribution in [0.15, 0.2) is 30.3 Å². The van der Waals surface area contributed by atoms with Crippen molar-refractivity contribution in [3.63, 3.8) is 0 Å². The largest absolute Gasteiger partial charge is 0.383 e. The van der Waals surface area contributed by atoms with Crippen molar-refractivity contribution in [2.75, 3.05) is 11.1 Å². The normalized spacial score (nSPS) is 10.5. The first-order valence-corrected chi connectivity index (χ1v) is 6.81. The molecule has 0 saturated heterocycles. The average molecular weight is 269 g/mol. The minimum absolute atomic E-state index is 0.216. The van der Waals surface area contributed by atoms with Crippen LogP contribution in [0.25, 0.3) is 0 Å². The van der Waals surface area contributed by atoms with Crippen molar-refractivity contribution in [2.45, 2.75) is 32.7 Å². The Morgan fingerprint density at radius 2 is 1.95 bits per heavy atom. The number of hydrogen-bond donors (Lipinski definition) is 2. The Hall–Kier alpha value is -2.48. The van der Waals surface area contributed by atoms with Gasteiger partial charge in [0.1, 0.15) is 17.5 Å². The third kappa shape index (κ3) is 2.59. The summed E-state index contributed by atoms with van der Waals surface area (Å²) in [4.78, 5) is 0.